The van der Waals surface area contributed by atoms with Crippen molar-refractivity contribution in [2.24, 2.45) is 0 Å². The number of amides is 1. The number of carbonyl (C=O) groups excluding carboxylic acids is 1. The molecule has 132 valence electrons. The lowest BCUT2D eigenvalue weighted by atomic mass is 10.0. The van der Waals surface area contributed by atoms with Crippen LogP contribution in [0.5, 0.6) is 0 Å². The van der Waals surface area contributed by atoms with Gasteiger partial charge in [-0.2, -0.15) is 0 Å². The first-order valence-corrected chi connectivity index (χ1v) is 8.96. The number of carbonyl (C=O) groups is 1. The lowest BCUT2D eigenvalue weighted by molar-refractivity contribution is -0.121. The van der Waals surface area contributed by atoms with E-state index < -0.39 is 0 Å². The largest absolute Gasteiger partial charge is 0.324 e. The van der Waals surface area contributed by atoms with Gasteiger partial charge in [-0.3, -0.25) is 14.7 Å². The number of hydrogen-bond donors (Lipinski definition) is 2. The molecular formula is C21H22N4O. The highest BCUT2D eigenvalue weighted by Crippen LogP contribution is 2.24. The number of piperazine rings is 1. The molecule has 1 fully saturated rings. The van der Waals surface area contributed by atoms with E-state index in [9.17, 15) is 4.79 Å². The van der Waals surface area contributed by atoms with Gasteiger partial charge in [-0.1, -0.05) is 36.4 Å². The van der Waals surface area contributed by atoms with Gasteiger partial charge in [0.15, 0.2) is 0 Å². The molecule has 0 bridgehead atoms. The molecule has 1 saturated heterocycles. The van der Waals surface area contributed by atoms with Gasteiger partial charge in [-0.15, -0.1) is 0 Å². The predicted molar refractivity (Wildman–Crippen MR) is 104 cm³/mol. The Kier molecular flexibility index (Phi) is 4.91. The molecule has 0 spiro atoms. The first kappa shape index (κ1) is 16.7. The normalized spacial score (nSPS) is 16.3. The van der Waals surface area contributed by atoms with Crippen molar-refractivity contribution >= 4 is 22.4 Å². The fourth-order valence-corrected chi connectivity index (χ4v) is 3.48. The van der Waals surface area contributed by atoms with Crippen LogP contribution < -0.4 is 10.6 Å². The van der Waals surface area contributed by atoms with Crippen LogP contribution in [0.3, 0.4) is 0 Å². The summed E-state index contributed by atoms with van der Waals surface area (Å²) in [5, 5.41) is 8.59. The zero-order valence-electron chi connectivity index (χ0n) is 14.6. The van der Waals surface area contributed by atoms with Crippen LogP contribution >= 0.6 is 0 Å². The smallest absolute Gasteiger partial charge is 0.246 e. The summed E-state index contributed by atoms with van der Waals surface area (Å²) in [4.78, 5) is 19.5. The fraction of sp³-hybridized carbons (Fsp3) is 0.238. The van der Waals surface area contributed by atoms with Gasteiger partial charge in [0.05, 0.1) is 0 Å². The third kappa shape index (κ3) is 3.59. The highest BCUT2D eigenvalue weighted by atomic mass is 16.2. The van der Waals surface area contributed by atoms with Gasteiger partial charge in [0.25, 0.3) is 0 Å². The second-order valence-electron chi connectivity index (χ2n) is 6.53. The van der Waals surface area contributed by atoms with Crippen LogP contribution in [0.2, 0.25) is 0 Å². The van der Waals surface area contributed by atoms with Crippen molar-refractivity contribution in [3.05, 3.63) is 72.6 Å². The van der Waals surface area contributed by atoms with E-state index in [0.29, 0.717) is 0 Å². The summed E-state index contributed by atoms with van der Waals surface area (Å²) in [5.74, 6) is 0.00602. The maximum absolute atomic E-state index is 13.2. The average molecular weight is 346 g/mol. The van der Waals surface area contributed by atoms with E-state index in [1.807, 2.05) is 60.8 Å². The molecule has 2 N–H and O–H groups in total. The second kappa shape index (κ2) is 7.64. The van der Waals surface area contributed by atoms with Crippen LogP contribution in [-0.2, 0) is 4.79 Å². The molecule has 1 aliphatic heterocycles. The van der Waals surface area contributed by atoms with Crippen molar-refractivity contribution < 1.29 is 4.79 Å². The van der Waals surface area contributed by atoms with Crippen molar-refractivity contribution in [2.45, 2.75) is 6.04 Å². The molecule has 5 nitrogen and oxygen atoms in total. The third-order valence-electron chi connectivity index (χ3n) is 4.79. The molecule has 3 aromatic rings. The van der Waals surface area contributed by atoms with Crippen LogP contribution in [0.4, 0.5) is 5.69 Å². The third-order valence-corrected chi connectivity index (χ3v) is 4.79. The Labute approximate surface area is 153 Å². The number of nitrogens with one attached hydrogen (secondary N) is 2. The van der Waals surface area contributed by atoms with Crippen LogP contribution in [0.15, 0.2) is 67.0 Å². The first-order valence-electron chi connectivity index (χ1n) is 8.96. The minimum atomic E-state index is -0.286. The molecule has 1 aromatic heterocycles. The number of rotatable bonds is 4. The predicted octanol–water partition coefficient (Wildman–Crippen LogP) is 2.82. The van der Waals surface area contributed by atoms with Crippen LogP contribution in [0, 0.1) is 0 Å². The highest BCUT2D eigenvalue weighted by Gasteiger charge is 2.28. The van der Waals surface area contributed by atoms with E-state index in [2.05, 4.69) is 20.5 Å². The van der Waals surface area contributed by atoms with Gasteiger partial charge < -0.3 is 10.6 Å². The van der Waals surface area contributed by atoms with E-state index in [4.69, 9.17) is 0 Å². The Morgan fingerprint density at radius 3 is 2.65 bits per heavy atom. The SMILES string of the molecule is O=C(Nc1ccc2cnccc2c1)[C@@H](c1ccccc1)N1CCNCC1. The van der Waals surface area contributed by atoms with Gasteiger partial charge in [-0.05, 0) is 29.1 Å². The summed E-state index contributed by atoms with van der Waals surface area (Å²) >= 11 is 0. The van der Waals surface area contributed by atoms with E-state index in [1.165, 1.54) is 0 Å². The molecule has 26 heavy (non-hydrogen) atoms. The lowest BCUT2D eigenvalue weighted by Gasteiger charge is -2.34. The molecule has 2 heterocycles. The summed E-state index contributed by atoms with van der Waals surface area (Å²) < 4.78 is 0. The number of fused-ring (bicyclic) bond motifs is 1. The molecule has 5 heteroatoms. The number of benzene rings is 2. The maximum Gasteiger partial charge on any atom is 0.246 e. The summed E-state index contributed by atoms with van der Waals surface area (Å²) in [6.07, 6.45) is 3.59. The van der Waals surface area contributed by atoms with Crippen molar-refractivity contribution in [3.8, 4) is 0 Å². The minimum Gasteiger partial charge on any atom is -0.324 e. The molecule has 0 aliphatic carbocycles. The molecule has 1 aliphatic rings. The zero-order chi connectivity index (χ0) is 17.8. The van der Waals surface area contributed by atoms with Gasteiger partial charge in [0.1, 0.15) is 6.04 Å². The monoisotopic (exact) mass is 346 g/mol. The van der Waals surface area contributed by atoms with Crippen molar-refractivity contribution in [2.75, 3.05) is 31.5 Å². The van der Waals surface area contributed by atoms with Crippen LogP contribution in [0.25, 0.3) is 10.8 Å². The topological polar surface area (TPSA) is 57.3 Å². The Bertz CT molecular complexity index is 891. The first-order chi connectivity index (χ1) is 12.8. The Morgan fingerprint density at radius 2 is 1.85 bits per heavy atom. The summed E-state index contributed by atoms with van der Waals surface area (Å²) in [5.41, 5.74) is 1.83. The van der Waals surface area contributed by atoms with Gasteiger partial charge >= 0.3 is 0 Å². The van der Waals surface area contributed by atoms with Crippen molar-refractivity contribution in [3.63, 3.8) is 0 Å². The second-order valence-corrected chi connectivity index (χ2v) is 6.53. The minimum absolute atomic E-state index is 0.00602. The summed E-state index contributed by atoms with van der Waals surface area (Å²) in [6, 6.07) is 17.6. The Hall–Kier alpha value is -2.76. The maximum atomic E-state index is 13.2. The Morgan fingerprint density at radius 1 is 1.04 bits per heavy atom. The zero-order valence-corrected chi connectivity index (χ0v) is 14.6. The number of anilines is 1. The number of hydrogen-bond acceptors (Lipinski definition) is 4. The quantitative estimate of drug-likeness (QED) is 0.763. The van der Waals surface area contributed by atoms with E-state index >= 15 is 0 Å². The lowest BCUT2D eigenvalue weighted by Crippen LogP contribution is -2.48. The van der Waals surface area contributed by atoms with Gasteiger partial charge in [-0.25, -0.2) is 0 Å². The molecule has 0 radical (unpaired) electrons. The number of nitrogens with zero attached hydrogens (tertiary/aromatic N) is 2. The molecule has 0 unspecified atom stereocenters. The van der Waals surface area contributed by atoms with Crippen LogP contribution in [-0.4, -0.2) is 42.0 Å². The Balaban J connectivity index is 1.60. The van der Waals surface area contributed by atoms with Crippen molar-refractivity contribution in [1.29, 1.82) is 0 Å². The fourth-order valence-electron chi connectivity index (χ4n) is 3.48. The molecular weight excluding hydrogens is 324 g/mol. The van der Waals surface area contributed by atoms with Gasteiger partial charge in [0.2, 0.25) is 5.91 Å². The number of pyridine rings is 1. The molecule has 2 aromatic carbocycles. The van der Waals surface area contributed by atoms with Crippen LogP contribution in [0.1, 0.15) is 11.6 Å². The standard InChI is InChI=1S/C21H22N4O/c26-21(24-19-7-6-18-15-23-9-8-17(18)14-19)20(16-4-2-1-3-5-16)25-12-10-22-11-13-25/h1-9,14-15,20,22H,10-13H2,(H,24,26)/t20-/m1/s1. The van der Waals surface area contributed by atoms with Crippen molar-refractivity contribution in [1.82, 2.24) is 15.2 Å². The summed E-state index contributed by atoms with van der Waals surface area (Å²) in [7, 11) is 0. The van der Waals surface area contributed by atoms with E-state index in [0.717, 1.165) is 48.2 Å². The summed E-state index contributed by atoms with van der Waals surface area (Å²) in [6.45, 7) is 3.52. The highest BCUT2D eigenvalue weighted by molar-refractivity contribution is 5.97. The molecule has 1 atom stereocenters. The van der Waals surface area contributed by atoms with E-state index in [-0.39, 0.29) is 11.9 Å². The molecule has 1 amide bonds. The molecule has 0 saturated carbocycles. The van der Waals surface area contributed by atoms with E-state index in [1.54, 1.807) is 6.20 Å². The van der Waals surface area contributed by atoms with Gasteiger partial charge in [0, 0.05) is 49.6 Å². The average Bonchev–Trinajstić information content (AvgIpc) is 2.70. The molecule has 4 rings (SSSR count). The number of aromatic nitrogens is 1.